The first-order valence-corrected chi connectivity index (χ1v) is 6.21. The minimum absolute atomic E-state index is 0.114. The Hall–Kier alpha value is -2.38. The van der Waals surface area contributed by atoms with Gasteiger partial charge >= 0.3 is 6.29 Å². The van der Waals surface area contributed by atoms with Crippen molar-refractivity contribution in [2.45, 2.75) is 25.7 Å². The number of halogens is 2. The van der Waals surface area contributed by atoms with E-state index in [2.05, 4.69) is 14.8 Å². The number of carbonyl (C=O) groups excluding carboxylic acids is 2. The van der Waals surface area contributed by atoms with Gasteiger partial charge in [0.1, 0.15) is 12.1 Å². The fourth-order valence-corrected chi connectivity index (χ4v) is 2.31. The minimum atomic E-state index is -3.72. The van der Waals surface area contributed by atoms with E-state index in [0.29, 0.717) is 5.69 Å². The predicted octanol–water partition coefficient (Wildman–Crippen LogP) is 1.25. The van der Waals surface area contributed by atoms with Crippen LogP contribution in [0.15, 0.2) is 18.2 Å². The van der Waals surface area contributed by atoms with Crippen molar-refractivity contribution in [1.82, 2.24) is 5.32 Å². The smallest absolute Gasteiger partial charge is 0.395 e. The molecule has 2 heterocycles. The topological polar surface area (TPSA) is 67.9 Å². The molecule has 0 bridgehead atoms. The molecule has 0 radical (unpaired) electrons. The maximum atomic E-state index is 13.0. The SMILES string of the molecule is CC1(C)NC(=O)CN(c2ccc3c(c2)OC(F)(F)O3)C1=O. The second kappa shape index (κ2) is 4.06. The van der Waals surface area contributed by atoms with Crippen molar-refractivity contribution in [1.29, 1.82) is 0 Å². The lowest BCUT2D eigenvalue weighted by atomic mass is 10.00. The van der Waals surface area contributed by atoms with Gasteiger partial charge in [0.25, 0.3) is 5.91 Å². The minimum Gasteiger partial charge on any atom is -0.395 e. The first-order chi connectivity index (χ1) is 9.68. The molecule has 1 fully saturated rings. The zero-order valence-corrected chi connectivity index (χ0v) is 11.3. The lowest BCUT2D eigenvalue weighted by molar-refractivity contribution is -0.286. The molecule has 2 aliphatic heterocycles. The Morgan fingerprint density at radius 3 is 2.57 bits per heavy atom. The van der Waals surface area contributed by atoms with Gasteiger partial charge in [-0.25, -0.2) is 0 Å². The fourth-order valence-electron chi connectivity index (χ4n) is 2.31. The summed E-state index contributed by atoms with van der Waals surface area (Å²) in [7, 11) is 0. The number of amides is 2. The van der Waals surface area contributed by atoms with Crippen molar-refractivity contribution < 1.29 is 27.8 Å². The summed E-state index contributed by atoms with van der Waals surface area (Å²) in [6.45, 7) is 2.96. The van der Waals surface area contributed by atoms with Crippen molar-refractivity contribution in [3.63, 3.8) is 0 Å². The number of carbonyl (C=O) groups is 2. The normalized spacial score (nSPS) is 22.2. The third kappa shape index (κ3) is 2.26. The number of piperazine rings is 1. The Morgan fingerprint density at radius 1 is 1.19 bits per heavy atom. The number of nitrogens with zero attached hydrogens (tertiary/aromatic N) is 1. The lowest BCUT2D eigenvalue weighted by Crippen LogP contribution is -2.64. The summed E-state index contributed by atoms with van der Waals surface area (Å²) in [6.07, 6.45) is -3.72. The highest BCUT2D eigenvalue weighted by molar-refractivity contribution is 6.08. The number of ether oxygens (including phenoxy) is 2. The third-order valence-electron chi connectivity index (χ3n) is 3.23. The van der Waals surface area contributed by atoms with Gasteiger partial charge in [-0.05, 0) is 26.0 Å². The lowest BCUT2D eigenvalue weighted by Gasteiger charge is -2.37. The summed E-state index contributed by atoms with van der Waals surface area (Å²) in [5.41, 5.74) is -0.765. The summed E-state index contributed by atoms with van der Waals surface area (Å²) < 4.78 is 34.6. The van der Waals surface area contributed by atoms with Crippen LogP contribution in [0.4, 0.5) is 14.5 Å². The number of hydrogen-bond acceptors (Lipinski definition) is 4. The van der Waals surface area contributed by atoms with E-state index in [0.717, 1.165) is 0 Å². The van der Waals surface area contributed by atoms with E-state index >= 15 is 0 Å². The molecule has 6 nitrogen and oxygen atoms in total. The van der Waals surface area contributed by atoms with Crippen LogP contribution in [0.5, 0.6) is 11.5 Å². The number of alkyl halides is 2. The molecule has 2 amide bonds. The Morgan fingerprint density at radius 2 is 1.86 bits per heavy atom. The second-order valence-electron chi connectivity index (χ2n) is 5.36. The van der Waals surface area contributed by atoms with Crippen LogP contribution in [-0.4, -0.2) is 30.2 Å². The molecule has 2 aliphatic rings. The summed E-state index contributed by atoms with van der Waals surface area (Å²) in [4.78, 5) is 25.2. The molecule has 8 heteroatoms. The van der Waals surface area contributed by atoms with Crippen LogP contribution in [0.1, 0.15) is 13.8 Å². The van der Waals surface area contributed by atoms with Gasteiger partial charge in [0.15, 0.2) is 11.5 Å². The Kier molecular flexibility index (Phi) is 2.63. The molecule has 112 valence electrons. The number of anilines is 1. The standard InChI is InChI=1S/C13H12F2N2O4/c1-12(2)11(19)17(6-10(18)16-12)7-3-4-8-9(5-7)21-13(14,15)20-8/h3-5H,6H2,1-2H3,(H,16,18). The molecule has 1 aromatic rings. The third-order valence-corrected chi connectivity index (χ3v) is 3.23. The van der Waals surface area contributed by atoms with Crippen molar-refractivity contribution in [2.24, 2.45) is 0 Å². The molecule has 1 aromatic carbocycles. The van der Waals surface area contributed by atoms with Crippen LogP contribution >= 0.6 is 0 Å². The van der Waals surface area contributed by atoms with Crippen LogP contribution in [0.25, 0.3) is 0 Å². The van der Waals surface area contributed by atoms with Gasteiger partial charge in [-0.3, -0.25) is 9.59 Å². The first kappa shape index (κ1) is 13.6. The Labute approximate surface area is 118 Å². The molecule has 0 spiro atoms. The summed E-state index contributed by atoms with van der Waals surface area (Å²) in [6, 6.07) is 3.96. The highest BCUT2D eigenvalue weighted by Gasteiger charge is 2.44. The van der Waals surface area contributed by atoms with E-state index in [-0.39, 0.29) is 29.9 Å². The van der Waals surface area contributed by atoms with Crippen LogP contribution in [0.2, 0.25) is 0 Å². The van der Waals surface area contributed by atoms with E-state index in [1.807, 2.05) is 0 Å². The van der Waals surface area contributed by atoms with E-state index in [4.69, 9.17) is 0 Å². The number of fused-ring (bicyclic) bond motifs is 1. The maximum Gasteiger partial charge on any atom is 0.586 e. The molecule has 0 atom stereocenters. The van der Waals surface area contributed by atoms with Gasteiger partial charge in [0.2, 0.25) is 5.91 Å². The molecule has 1 saturated heterocycles. The van der Waals surface area contributed by atoms with Gasteiger partial charge in [0.05, 0.1) is 0 Å². The fraction of sp³-hybridized carbons (Fsp3) is 0.385. The molecule has 1 N–H and O–H groups in total. The van der Waals surface area contributed by atoms with Gasteiger partial charge in [-0.1, -0.05) is 0 Å². The molecular weight excluding hydrogens is 286 g/mol. The predicted molar refractivity (Wildman–Crippen MR) is 67.2 cm³/mol. The molecule has 3 rings (SSSR count). The Bertz CT molecular complexity index is 645. The van der Waals surface area contributed by atoms with E-state index in [1.54, 1.807) is 13.8 Å². The van der Waals surface area contributed by atoms with E-state index in [9.17, 15) is 18.4 Å². The van der Waals surface area contributed by atoms with Crippen LogP contribution in [-0.2, 0) is 9.59 Å². The number of benzene rings is 1. The van der Waals surface area contributed by atoms with Gasteiger partial charge in [0, 0.05) is 11.8 Å². The van der Waals surface area contributed by atoms with Crippen molar-refractivity contribution >= 4 is 17.5 Å². The largest absolute Gasteiger partial charge is 0.586 e. The molecule has 0 saturated carbocycles. The second-order valence-corrected chi connectivity index (χ2v) is 5.36. The van der Waals surface area contributed by atoms with Crippen LogP contribution in [0, 0.1) is 0 Å². The average Bonchev–Trinajstić information content (AvgIpc) is 2.65. The molecule has 0 aromatic heterocycles. The zero-order valence-electron chi connectivity index (χ0n) is 11.3. The number of hydrogen-bond donors (Lipinski definition) is 1. The molecule has 0 aliphatic carbocycles. The summed E-state index contributed by atoms with van der Waals surface area (Å²) >= 11 is 0. The zero-order chi connectivity index (χ0) is 15.4. The van der Waals surface area contributed by atoms with Crippen molar-refractivity contribution in [3.8, 4) is 11.5 Å². The van der Waals surface area contributed by atoms with Gasteiger partial charge in [-0.15, -0.1) is 8.78 Å². The quantitative estimate of drug-likeness (QED) is 0.847. The summed E-state index contributed by atoms with van der Waals surface area (Å²) in [5, 5.41) is 2.56. The van der Waals surface area contributed by atoms with Gasteiger partial charge < -0.3 is 19.7 Å². The van der Waals surface area contributed by atoms with E-state index in [1.165, 1.54) is 23.1 Å². The van der Waals surface area contributed by atoms with E-state index < -0.39 is 11.8 Å². The molecular formula is C13H12F2N2O4. The van der Waals surface area contributed by atoms with Crippen LogP contribution in [0.3, 0.4) is 0 Å². The number of nitrogens with one attached hydrogen (secondary N) is 1. The van der Waals surface area contributed by atoms with Crippen LogP contribution < -0.4 is 19.7 Å². The monoisotopic (exact) mass is 298 g/mol. The number of rotatable bonds is 1. The average molecular weight is 298 g/mol. The maximum absolute atomic E-state index is 13.0. The van der Waals surface area contributed by atoms with Crippen molar-refractivity contribution in [2.75, 3.05) is 11.4 Å². The first-order valence-electron chi connectivity index (χ1n) is 6.21. The van der Waals surface area contributed by atoms with Crippen molar-refractivity contribution in [3.05, 3.63) is 18.2 Å². The molecule has 0 unspecified atom stereocenters. The molecule has 21 heavy (non-hydrogen) atoms. The highest BCUT2D eigenvalue weighted by Crippen LogP contribution is 2.43. The van der Waals surface area contributed by atoms with Gasteiger partial charge in [-0.2, -0.15) is 0 Å². The summed E-state index contributed by atoms with van der Waals surface area (Å²) in [5.74, 6) is -0.957. The highest BCUT2D eigenvalue weighted by atomic mass is 19.3. The Balaban J connectivity index is 1.95.